The molecule has 0 atom stereocenters. The van der Waals surface area contributed by atoms with Crippen molar-refractivity contribution in [3.63, 3.8) is 0 Å². The lowest BCUT2D eigenvalue weighted by atomic mass is 10.2. The van der Waals surface area contributed by atoms with E-state index in [9.17, 15) is 4.79 Å². The van der Waals surface area contributed by atoms with Crippen LogP contribution < -0.4 is 5.73 Å². The maximum absolute atomic E-state index is 10.3. The predicted molar refractivity (Wildman–Crippen MR) is 77.0 cm³/mol. The summed E-state index contributed by atoms with van der Waals surface area (Å²) >= 11 is 2.28. The Labute approximate surface area is 113 Å². The number of carboxylic acid groups (broad SMARTS) is 1. The summed E-state index contributed by atoms with van der Waals surface area (Å²) in [5.74, 6) is -0.988. The molecule has 0 aromatic heterocycles. The minimum absolute atomic E-state index is 0.155. The van der Waals surface area contributed by atoms with E-state index in [1.807, 2.05) is 18.2 Å². The molecule has 88 valence electrons. The number of rotatable bonds is 1. The van der Waals surface area contributed by atoms with E-state index < -0.39 is 5.97 Å². The number of halogens is 1. The molecule has 0 unspecified atom stereocenters. The monoisotopic (exact) mass is 341 g/mol. The molecular formula is C13H12INO2. The third kappa shape index (κ3) is 4.86. The zero-order valence-electron chi connectivity index (χ0n) is 9.01. The number of aromatic carboxylic acids is 1. The van der Waals surface area contributed by atoms with Gasteiger partial charge in [-0.1, -0.05) is 30.3 Å². The van der Waals surface area contributed by atoms with Gasteiger partial charge in [-0.3, -0.25) is 0 Å². The van der Waals surface area contributed by atoms with Crippen LogP contribution in [0.15, 0.2) is 54.6 Å². The Morgan fingerprint density at radius 2 is 1.53 bits per heavy atom. The van der Waals surface area contributed by atoms with Crippen molar-refractivity contribution in [1.82, 2.24) is 0 Å². The molecule has 0 saturated carbocycles. The average Bonchev–Trinajstić information content (AvgIpc) is 2.31. The topological polar surface area (TPSA) is 63.3 Å². The standard InChI is InChI=1S/C7H7NO2.C6H5I/c8-6-4-2-1-3-5(6)7(9)10;7-6-4-2-1-3-5-6/h1-4H,8H2,(H,9,10);1-5H. The largest absolute Gasteiger partial charge is 0.478 e. The third-order valence-corrected chi connectivity index (χ3v) is 2.64. The summed E-state index contributed by atoms with van der Waals surface area (Å²) in [6.07, 6.45) is 0. The number of hydrogen-bond acceptors (Lipinski definition) is 2. The fourth-order valence-corrected chi connectivity index (χ4v) is 1.52. The normalized spacial score (nSPS) is 9.00. The van der Waals surface area contributed by atoms with Gasteiger partial charge in [0, 0.05) is 9.26 Å². The molecule has 0 bridgehead atoms. The number of carbonyl (C=O) groups is 1. The van der Waals surface area contributed by atoms with Gasteiger partial charge in [-0.05, 0) is 46.9 Å². The molecule has 0 fully saturated rings. The van der Waals surface area contributed by atoms with E-state index in [0.29, 0.717) is 5.69 Å². The highest BCUT2D eigenvalue weighted by molar-refractivity contribution is 14.1. The summed E-state index contributed by atoms with van der Waals surface area (Å²) in [4.78, 5) is 10.3. The van der Waals surface area contributed by atoms with E-state index in [2.05, 4.69) is 34.7 Å². The molecule has 2 rings (SSSR count). The molecule has 3 N–H and O–H groups in total. The van der Waals surface area contributed by atoms with Crippen LogP contribution in [0.1, 0.15) is 10.4 Å². The Hall–Kier alpha value is -1.56. The smallest absolute Gasteiger partial charge is 0.337 e. The molecule has 0 aliphatic rings. The van der Waals surface area contributed by atoms with Crippen LogP contribution >= 0.6 is 22.6 Å². The van der Waals surface area contributed by atoms with E-state index >= 15 is 0 Å². The second kappa shape index (κ2) is 6.90. The number of hydrogen-bond donors (Lipinski definition) is 2. The van der Waals surface area contributed by atoms with Gasteiger partial charge in [0.1, 0.15) is 0 Å². The minimum atomic E-state index is -0.988. The number of nitrogens with two attached hydrogens (primary N) is 1. The van der Waals surface area contributed by atoms with Gasteiger partial charge >= 0.3 is 5.97 Å². The van der Waals surface area contributed by atoms with Gasteiger partial charge in [0.05, 0.1) is 5.56 Å². The molecule has 0 aliphatic carbocycles. The maximum Gasteiger partial charge on any atom is 0.337 e. The first-order chi connectivity index (χ1) is 8.11. The lowest BCUT2D eigenvalue weighted by Crippen LogP contribution is -2.00. The Balaban J connectivity index is 0.000000181. The van der Waals surface area contributed by atoms with Crippen LogP contribution in [0.2, 0.25) is 0 Å². The van der Waals surface area contributed by atoms with Crippen molar-refractivity contribution in [2.24, 2.45) is 0 Å². The lowest BCUT2D eigenvalue weighted by Gasteiger charge is -1.96. The highest BCUT2D eigenvalue weighted by Gasteiger charge is 2.03. The summed E-state index contributed by atoms with van der Waals surface area (Å²) in [7, 11) is 0. The molecule has 3 nitrogen and oxygen atoms in total. The fraction of sp³-hybridized carbons (Fsp3) is 0. The second-order valence-electron chi connectivity index (χ2n) is 3.19. The van der Waals surface area contributed by atoms with Crippen LogP contribution in [0.4, 0.5) is 5.69 Å². The van der Waals surface area contributed by atoms with Crippen molar-refractivity contribution in [3.8, 4) is 0 Å². The molecule has 2 aromatic carbocycles. The van der Waals surface area contributed by atoms with Crippen LogP contribution in [0.25, 0.3) is 0 Å². The van der Waals surface area contributed by atoms with Gasteiger partial charge in [0.2, 0.25) is 0 Å². The summed E-state index contributed by atoms with van der Waals surface area (Å²) in [6, 6.07) is 16.6. The summed E-state index contributed by atoms with van der Waals surface area (Å²) < 4.78 is 1.29. The van der Waals surface area contributed by atoms with Crippen LogP contribution in [-0.2, 0) is 0 Å². The molecule has 4 heteroatoms. The molecule has 0 spiro atoms. The summed E-state index contributed by atoms with van der Waals surface area (Å²) in [5.41, 5.74) is 5.80. The first-order valence-corrected chi connectivity index (χ1v) is 5.97. The first kappa shape index (κ1) is 13.5. The van der Waals surface area contributed by atoms with E-state index in [1.54, 1.807) is 18.2 Å². The Kier molecular flexibility index (Phi) is 5.48. The van der Waals surface area contributed by atoms with Gasteiger partial charge in [-0.15, -0.1) is 0 Å². The summed E-state index contributed by atoms with van der Waals surface area (Å²) in [5, 5.41) is 8.49. The first-order valence-electron chi connectivity index (χ1n) is 4.89. The van der Waals surface area contributed by atoms with Gasteiger partial charge in [-0.2, -0.15) is 0 Å². The number of benzene rings is 2. The molecule has 0 amide bonds. The molecule has 17 heavy (non-hydrogen) atoms. The van der Waals surface area contributed by atoms with Crippen molar-refractivity contribution in [2.45, 2.75) is 0 Å². The Morgan fingerprint density at radius 1 is 1.00 bits per heavy atom. The van der Waals surface area contributed by atoms with Gasteiger partial charge in [0.25, 0.3) is 0 Å². The zero-order valence-corrected chi connectivity index (χ0v) is 11.2. The van der Waals surface area contributed by atoms with E-state index in [1.165, 1.54) is 9.64 Å². The van der Waals surface area contributed by atoms with Crippen molar-refractivity contribution >= 4 is 34.2 Å². The van der Waals surface area contributed by atoms with Crippen LogP contribution in [-0.4, -0.2) is 11.1 Å². The molecule has 0 saturated heterocycles. The van der Waals surface area contributed by atoms with E-state index in [4.69, 9.17) is 10.8 Å². The molecule has 0 aliphatic heterocycles. The average molecular weight is 341 g/mol. The van der Waals surface area contributed by atoms with Crippen molar-refractivity contribution < 1.29 is 9.90 Å². The molecular weight excluding hydrogens is 329 g/mol. The molecule has 2 aromatic rings. The number of para-hydroxylation sites is 1. The van der Waals surface area contributed by atoms with E-state index in [0.717, 1.165) is 0 Å². The molecule has 0 heterocycles. The Bertz CT molecular complexity index is 486. The van der Waals surface area contributed by atoms with Gasteiger partial charge in [-0.25, -0.2) is 4.79 Å². The van der Waals surface area contributed by atoms with Gasteiger partial charge in [0.15, 0.2) is 0 Å². The van der Waals surface area contributed by atoms with Crippen LogP contribution in [0.5, 0.6) is 0 Å². The highest BCUT2D eigenvalue weighted by Crippen LogP contribution is 2.09. The van der Waals surface area contributed by atoms with Crippen molar-refractivity contribution in [3.05, 3.63) is 63.7 Å². The second-order valence-corrected chi connectivity index (χ2v) is 4.43. The lowest BCUT2D eigenvalue weighted by molar-refractivity contribution is 0.0698. The van der Waals surface area contributed by atoms with E-state index in [-0.39, 0.29) is 5.56 Å². The third-order valence-electron chi connectivity index (χ3n) is 1.92. The Morgan fingerprint density at radius 3 is 1.88 bits per heavy atom. The maximum atomic E-state index is 10.3. The number of anilines is 1. The summed E-state index contributed by atoms with van der Waals surface area (Å²) in [6.45, 7) is 0. The minimum Gasteiger partial charge on any atom is -0.478 e. The zero-order chi connectivity index (χ0) is 12.7. The molecule has 0 radical (unpaired) electrons. The fourth-order valence-electron chi connectivity index (χ4n) is 1.11. The number of carboxylic acids is 1. The van der Waals surface area contributed by atoms with Crippen LogP contribution in [0.3, 0.4) is 0 Å². The van der Waals surface area contributed by atoms with Crippen molar-refractivity contribution in [1.29, 1.82) is 0 Å². The predicted octanol–water partition coefficient (Wildman–Crippen LogP) is 3.26. The quantitative estimate of drug-likeness (QED) is 0.618. The SMILES string of the molecule is Ic1ccccc1.Nc1ccccc1C(=O)O. The van der Waals surface area contributed by atoms with Gasteiger partial charge < -0.3 is 10.8 Å². The van der Waals surface area contributed by atoms with Crippen LogP contribution in [0, 0.1) is 3.57 Å². The highest BCUT2D eigenvalue weighted by atomic mass is 127. The van der Waals surface area contributed by atoms with Crippen molar-refractivity contribution in [2.75, 3.05) is 5.73 Å². The number of nitrogen functional groups attached to an aromatic ring is 1.